The van der Waals surface area contributed by atoms with Gasteiger partial charge >= 0.3 is 0 Å². The lowest BCUT2D eigenvalue weighted by atomic mass is 10.0. The Morgan fingerprint density at radius 3 is 2.71 bits per heavy atom. The summed E-state index contributed by atoms with van der Waals surface area (Å²) in [6.07, 6.45) is -0.204. The van der Waals surface area contributed by atoms with Crippen LogP contribution in [0.15, 0.2) is 54.6 Å². The van der Waals surface area contributed by atoms with Crippen molar-refractivity contribution >= 4 is 5.69 Å². The van der Waals surface area contributed by atoms with E-state index >= 15 is 0 Å². The van der Waals surface area contributed by atoms with Gasteiger partial charge in [0, 0.05) is 16.8 Å². The van der Waals surface area contributed by atoms with E-state index in [-0.39, 0.29) is 11.9 Å². The van der Waals surface area contributed by atoms with E-state index in [1.807, 2.05) is 48.0 Å². The van der Waals surface area contributed by atoms with Crippen molar-refractivity contribution in [2.45, 2.75) is 13.1 Å². The topological polar surface area (TPSA) is 50.1 Å². The maximum Gasteiger partial charge on any atom is 0.150 e. The molecular formula is C17H15N3O. The Bertz CT molecular complexity index is 822. The molecular weight excluding hydrogens is 262 g/mol. The molecule has 1 atom stereocenters. The van der Waals surface area contributed by atoms with Gasteiger partial charge in [-0.3, -0.25) is 0 Å². The van der Waals surface area contributed by atoms with E-state index < -0.39 is 0 Å². The van der Waals surface area contributed by atoms with Crippen LogP contribution in [0.25, 0.3) is 11.3 Å². The largest absolute Gasteiger partial charge is 0.508 e. The number of rotatable bonds is 1. The van der Waals surface area contributed by atoms with Crippen molar-refractivity contribution in [3.8, 4) is 17.0 Å². The van der Waals surface area contributed by atoms with Gasteiger partial charge in [0.1, 0.15) is 5.75 Å². The average Bonchev–Trinajstić information content (AvgIpc) is 2.89. The van der Waals surface area contributed by atoms with Crippen molar-refractivity contribution in [1.82, 2.24) is 9.78 Å². The minimum atomic E-state index is -0.204. The minimum absolute atomic E-state index is 0.204. The highest BCUT2D eigenvalue weighted by molar-refractivity contribution is 5.78. The molecule has 1 aliphatic heterocycles. The summed E-state index contributed by atoms with van der Waals surface area (Å²) in [4.78, 5) is 0. The van der Waals surface area contributed by atoms with Gasteiger partial charge in [0.25, 0.3) is 0 Å². The number of para-hydroxylation sites is 2. The summed E-state index contributed by atoms with van der Waals surface area (Å²) in [6.45, 7) is 1.98. The number of hydrogen-bond donors (Lipinski definition) is 2. The number of aromatic hydroxyl groups is 1. The van der Waals surface area contributed by atoms with Crippen LogP contribution in [0, 0.1) is 6.92 Å². The second kappa shape index (κ2) is 4.38. The number of hydrogen-bond acceptors (Lipinski definition) is 3. The Labute approximate surface area is 122 Å². The van der Waals surface area contributed by atoms with Crippen molar-refractivity contribution in [1.29, 1.82) is 0 Å². The molecule has 3 aromatic rings. The first-order valence-corrected chi connectivity index (χ1v) is 6.94. The molecule has 2 aromatic carbocycles. The Morgan fingerprint density at radius 1 is 1.10 bits per heavy atom. The van der Waals surface area contributed by atoms with E-state index in [0.717, 1.165) is 28.2 Å². The predicted octanol–water partition coefficient (Wildman–Crippen LogP) is 3.54. The number of aromatic nitrogens is 2. The van der Waals surface area contributed by atoms with Crippen LogP contribution in [0.2, 0.25) is 0 Å². The van der Waals surface area contributed by atoms with Crippen LogP contribution in [-0.4, -0.2) is 14.9 Å². The first-order valence-electron chi connectivity index (χ1n) is 6.94. The van der Waals surface area contributed by atoms with Crippen LogP contribution in [-0.2, 0) is 0 Å². The lowest BCUT2D eigenvalue weighted by Gasteiger charge is -2.29. The third kappa shape index (κ3) is 1.80. The Morgan fingerprint density at radius 2 is 1.86 bits per heavy atom. The monoisotopic (exact) mass is 277 g/mol. The van der Waals surface area contributed by atoms with Crippen LogP contribution in [0.1, 0.15) is 17.4 Å². The van der Waals surface area contributed by atoms with E-state index in [1.54, 1.807) is 6.07 Å². The van der Waals surface area contributed by atoms with Crippen LogP contribution in [0.5, 0.6) is 5.75 Å². The molecule has 1 aromatic heterocycles. The number of phenols is 1. The van der Waals surface area contributed by atoms with Crippen molar-refractivity contribution in [2.75, 3.05) is 5.32 Å². The summed E-state index contributed by atoms with van der Waals surface area (Å²) in [5, 5.41) is 18.2. The lowest BCUT2D eigenvalue weighted by Crippen LogP contribution is -2.25. The fourth-order valence-corrected chi connectivity index (χ4v) is 2.88. The molecule has 0 radical (unpaired) electrons. The molecule has 0 spiro atoms. The van der Waals surface area contributed by atoms with Crippen LogP contribution < -0.4 is 5.32 Å². The fourth-order valence-electron chi connectivity index (χ4n) is 2.88. The molecule has 1 aliphatic rings. The predicted molar refractivity (Wildman–Crippen MR) is 82.3 cm³/mol. The number of phenolic OH excluding ortho intramolecular Hbond substituents is 1. The smallest absolute Gasteiger partial charge is 0.150 e. The van der Waals surface area contributed by atoms with E-state index in [0.29, 0.717) is 0 Å². The maximum atomic E-state index is 10.2. The van der Waals surface area contributed by atoms with Crippen molar-refractivity contribution in [3.05, 3.63) is 65.9 Å². The quantitative estimate of drug-likeness (QED) is 0.715. The minimum Gasteiger partial charge on any atom is -0.508 e. The second-order valence-corrected chi connectivity index (χ2v) is 5.27. The van der Waals surface area contributed by atoms with Gasteiger partial charge < -0.3 is 10.4 Å². The van der Waals surface area contributed by atoms with Crippen molar-refractivity contribution < 1.29 is 5.11 Å². The Balaban J connectivity index is 1.94. The molecule has 0 fully saturated rings. The number of fused-ring (bicyclic) bond motifs is 3. The molecule has 4 nitrogen and oxygen atoms in total. The van der Waals surface area contributed by atoms with Crippen LogP contribution in [0.4, 0.5) is 5.69 Å². The molecule has 0 saturated heterocycles. The molecule has 2 heterocycles. The van der Waals surface area contributed by atoms with Crippen LogP contribution in [0.3, 0.4) is 0 Å². The normalized spacial score (nSPS) is 16.0. The van der Waals surface area contributed by atoms with E-state index in [9.17, 15) is 5.11 Å². The van der Waals surface area contributed by atoms with Gasteiger partial charge in [-0.05, 0) is 25.1 Å². The molecule has 4 heteroatoms. The van der Waals surface area contributed by atoms with E-state index in [1.165, 1.54) is 0 Å². The average molecular weight is 277 g/mol. The van der Waals surface area contributed by atoms with E-state index in [4.69, 9.17) is 0 Å². The molecule has 21 heavy (non-hydrogen) atoms. The van der Waals surface area contributed by atoms with Crippen molar-refractivity contribution in [2.24, 2.45) is 0 Å². The molecule has 0 unspecified atom stereocenters. The second-order valence-electron chi connectivity index (χ2n) is 5.27. The Kier molecular flexibility index (Phi) is 2.51. The van der Waals surface area contributed by atoms with Gasteiger partial charge in [-0.25, -0.2) is 4.68 Å². The van der Waals surface area contributed by atoms with E-state index in [2.05, 4.69) is 22.5 Å². The third-order valence-corrected chi connectivity index (χ3v) is 3.83. The summed E-state index contributed by atoms with van der Waals surface area (Å²) in [5.74, 6) is 0.272. The van der Waals surface area contributed by atoms with Gasteiger partial charge in [-0.2, -0.15) is 5.10 Å². The van der Waals surface area contributed by atoms with Crippen LogP contribution >= 0.6 is 0 Å². The zero-order valence-electron chi connectivity index (χ0n) is 11.6. The fraction of sp³-hybridized carbons (Fsp3) is 0.118. The first kappa shape index (κ1) is 12.0. The number of aryl methyl sites for hydroxylation is 1. The maximum absolute atomic E-state index is 10.2. The SMILES string of the molecule is Cc1cc2n(n1)[C@H](c1ccccc1O)Nc1ccccc1-2. The van der Waals surface area contributed by atoms with Gasteiger partial charge in [-0.15, -0.1) is 0 Å². The highest BCUT2D eigenvalue weighted by Crippen LogP contribution is 2.39. The molecule has 0 saturated carbocycles. The number of anilines is 1. The summed E-state index contributed by atoms with van der Waals surface area (Å²) >= 11 is 0. The standard InChI is InChI=1S/C17H15N3O/c1-11-10-15-12-6-2-4-8-14(12)18-17(20(15)19-11)13-7-3-5-9-16(13)21/h2-10,17-18,21H,1H3/t17-/m1/s1. The highest BCUT2D eigenvalue weighted by atomic mass is 16.3. The lowest BCUT2D eigenvalue weighted by molar-refractivity contribution is 0.452. The highest BCUT2D eigenvalue weighted by Gasteiger charge is 2.27. The molecule has 104 valence electrons. The number of nitrogens with zero attached hydrogens (tertiary/aromatic N) is 2. The first-order chi connectivity index (χ1) is 10.2. The van der Waals surface area contributed by atoms with Gasteiger partial charge in [-0.1, -0.05) is 36.4 Å². The Hall–Kier alpha value is -2.75. The molecule has 0 aliphatic carbocycles. The molecule has 4 rings (SSSR count). The third-order valence-electron chi connectivity index (χ3n) is 3.83. The number of nitrogens with one attached hydrogen (secondary N) is 1. The van der Waals surface area contributed by atoms with Gasteiger partial charge in [0.2, 0.25) is 0 Å². The zero-order chi connectivity index (χ0) is 14.4. The molecule has 0 amide bonds. The molecule has 2 N–H and O–H groups in total. The summed E-state index contributed by atoms with van der Waals surface area (Å²) < 4.78 is 1.94. The zero-order valence-corrected chi connectivity index (χ0v) is 11.6. The van der Waals surface area contributed by atoms with Crippen molar-refractivity contribution in [3.63, 3.8) is 0 Å². The summed E-state index contributed by atoms with van der Waals surface area (Å²) in [7, 11) is 0. The van der Waals surface area contributed by atoms with Gasteiger partial charge in [0.15, 0.2) is 6.17 Å². The number of benzene rings is 2. The van der Waals surface area contributed by atoms with Gasteiger partial charge in [0.05, 0.1) is 11.4 Å². The molecule has 0 bridgehead atoms. The summed E-state index contributed by atoms with van der Waals surface area (Å²) in [6, 6.07) is 17.6. The summed E-state index contributed by atoms with van der Waals surface area (Å²) in [5.41, 5.74) is 5.03.